The summed E-state index contributed by atoms with van der Waals surface area (Å²) in [5.41, 5.74) is -2.27. The van der Waals surface area contributed by atoms with Crippen LogP contribution >= 0.6 is 0 Å². The van der Waals surface area contributed by atoms with Crippen LogP contribution in [-0.4, -0.2) is 28.7 Å². The third-order valence-corrected chi connectivity index (χ3v) is 3.45. The summed E-state index contributed by atoms with van der Waals surface area (Å²) in [5, 5.41) is 14.9. The van der Waals surface area contributed by atoms with E-state index in [1.54, 1.807) is 27.7 Å². The molecule has 20 heavy (non-hydrogen) atoms. The molecule has 1 rings (SSSR count). The SMILES string of the molecule is CC(C)(O)C(C)(C)NCC(=O)Nc1c(F)cccc1F. The van der Waals surface area contributed by atoms with Crippen LogP contribution in [0.2, 0.25) is 0 Å². The molecule has 0 radical (unpaired) electrons. The summed E-state index contributed by atoms with van der Waals surface area (Å²) < 4.78 is 26.7. The highest BCUT2D eigenvalue weighted by Gasteiger charge is 2.34. The van der Waals surface area contributed by atoms with Crippen molar-refractivity contribution in [2.45, 2.75) is 38.8 Å². The highest BCUT2D eigenvalue weighted by Crippen LogP contribution is 2.20. The minimum Gasteiger partial charge on any atom is -0.389 e. The number of hydrogen-bond acceptors (Lipinski definition) is 3. The Balaban J connectivity index is 2.66. The van der Waals surface area contributed by atoms with Crippen molar-refractivity contribution in [3.63, 3.8) is 0 Å². The van der Waals surface area contributed by atoms with E-state index >= 15 is 0 Å². The average molecular weight is 286 g/mol. The summed E-state index contributed by atoms with van der Waals surface area (Å²) in [7, 11) is 0. The van der Waals surface area contributed by atoms with Gasteiger partial charge in [-0.3, -0.25) is 4.79 Å². The van der Waals surface area contributed by atoms with E-state index in [1.165, 1.54) is 6.07 Å². The van der Waals surface area contributed by atoms with E-state index in [0.717, 1.165) is 12.1 Å². The van der Waals surface area contributed by atoms with Crippen molar-refractivity contribution in [1.29, 1.82) is 0 Å². The van der Waals surface area contributed by atoms with Gasteiger partial charge in [0, 0.05) is 5.54 Å². The fourth-order valence-electron chi connectivity index (χ4n) is 1.32. The Morgan fingerprint density at radius 3 is 2.15 bits per heavy atom. The van der Waals surface area contributed by atoms with Gasteiger partial charge in [0.2, 0.25) is 5.91 Å². The average Bonchev–Trinajstić information content (AvgIpc) is 2.30. The van der Waals surface area contributed by atoms with Gasteiger partial charge in [-0.25, -0.2) is 8.78 Å². The third kappa shape index (κ3) is 3.98. The van der Waals surface area contributed by atoms with Crippen molar-refractivity contribution in [3.05, 3.63) is 29.8 Å². The van der Waals surface area contributed by atoms with Crippen molar-refractivity contribution in [2.75, 3.05) is 11.9 Å². The van der Waals surface area contributed by atoms with E-state index in [-0.39, 0.29) is 6.54 Å². The fourth-order valence-corrected chi connectivity index (χ4v) is 1.32. The van der Waals surface area contributed by atoms with Gasteiger partial charge in [0.25, 0.3) is 0 Å². The molecule has 1 amide bonds. The summed E-state index contributed by atoms with van der Waals surface area (Å²) >= 11 is 0. The zero-order valence-electron chi connectivity index (χ0n) is 12.1. The molecule has 1 aromatic carbocycles. The lowest BCUT2D eigenvalue weighted by atomic mass is 9.86. The maximum Gasteiger partial charge on any atom is 0.238 e. The molecule has 0 aromatic heterocycles. The number of nitrogens with one attached hydrogen (secondary N) is 2. The molecule has 4 nitrogen and oxygen atoms in total. The quantitative estimate of drug-likeness (QED) is 0.776. The van der Waals surface area contributed by atoms with Gasteiger partial charge in [0.15, 0.2) is 0 Å². The second kappa shape index (κ2) is 5.85. The zero-order chi connectivity index (χ0) is 15.6. The standard InChI is InChI=1S/C14H20F2N2O2/c1-13(2,14(3,4)20)17-8-11(19)18-12-9(15)6-5-7-10(12)16/h5-7,17,20H,8H2,1-4H3,(H,18,19). The predicted molar refractivity (Wildman–Crippen MR) is 73.4 cm³/mol. The first-order chi connectivity index (χ1) is 9.04. The number of para-hydroxylation sites is 1. The third-order valence-electron chi connectivity index (χ3n) is 3.45. The van der Waals surface area contributed by atoms with E-state index < -0.39 is 34.4 Å². The molecule has 0 unspecified atom stereocenters. The largest absolute Gasteiger partial charge is 0.389 e. The van der Waals surface area contributed by atoms with Crippen molar-refractivity contribution >= 4 is 11.6 Å². The van der Waals surface area contributed by atoms with Crippen LogP contribution in [0, 0.1) is 11.6 Å². The summed E-state index contributed by atoms with van der Waals surface area (Å²) in [6.45, 7) is 6.49. The Morgan fingerprint density at radius 2 is 1.70 bits per heavy atom. The van der Waals surface area contributed by atoms with Crippen molar-refractivity contribution in [1.82, 2.24) is 5.32 Å². The molecular formula is C14H20F2N2O2. The molecule has 0 saturated carbocycles. The second-order valence-electron chi connectivity index (χ2n) is 5.68. The van der Waals surface area contributed by atoms with Crippen molar-refractivity contribution in [2.24, 2.45) is 0 Å². The van der Waals surface area contributed by atoms with Crippen LogP contribution in [0.25, 0.3) is 0 Å². The number of halogens is 2. The molecule has 0 aliphatic carbocycles. The van der Waals surface area contributed by atoms with Gasteiger partial charge in [-0.1, -0.05) is 6.07 Å². The molecule has 112 valence electrons. The number of amides is 1. The predicted octanol–water partition coefficient (Wildman–Crippen LogP) is 2.04. The second-order valence-corrected chi connectivity index (χ2v) is 5.68. The lowest BCUT2D eigenvalue weighted by molar-refractivity contribution is -0.116. The van der Waals surface area contributed by atoms with Crippen molar-refractivity contribution in [3.8, 4) is 0 Å². The summed E-state index contributed by atoms with van der Waals surface area (Å²) in [4.78, 5) is 11.7. The van der Waals surface area contributed by atoms with Gasteiger partial charge in [0.1, 0.15) is 17.3 Å². The highest BCUT2D eigenvalue weighted by atomic mass is 19.1. The summed E-state index contributed by atoms with van der Waals surface area (Å²) in [6.07, 6.45) is 0. The highest BCUT2D eigenvalue weighted by molar-refractivity contribution is 5.92. The summed E-state index contributed by atoms with van der Waals surface area (Å²) in [5.74, 6) is -2.26. The number of rotatable bonds is 5. The molecule has 1 aromatic rings. The van der Waals surface area contributed by atoms with Gasteiger partial charge in [-0.2, -0.15) is 0 Å². The van der Waals surface area contributed by atoms with Crippen LogP contribution in [0.4, 0.5) is 14.5 Å². The molecule has 0 bridgehead atoms. The first-order valence-electron chi connectivity index (χ1n) is 6.26. The lowest BCUT2D eigenvalue weighted by Crippen LogP contribution is -2.57. The van der Waals surface area contributed by atoms with E-state index in [0.29, 0.717) is 0 Å². The Kier molecular flexibility index (Phi) is 4.83. The summed E-state index contributed by atoms with van der Waals surface area (Å²) in [6, 6.07) is 3.34. The van der Waals surface area contributed by atoms with Crippen LogP contribution in [0.5, 0.6) is 0 Å². The van der Waals surface area contributed by atoms with Gasteiger partial charge >= 0.3 is 0 Å². The monoisotopic (exact) mass is 286 g/mol. The smallest absolute Gasteiger partial charge is 0.238 e. The van der Waals surface area contributed by atoms with Gasteiger partial charge < -0.3 is 15.7 Å². The molecule has 0 fully saturated rings. The maximum absolute atomic E-state index is 13.4. The molecule has 3 N–H and O–H groups in total. The molecule has 0 atom stereocenters. The van der Waals surface area contributed by atoms with Crippen LogP contribution in [0.1, 0.15) is 27.7 Å². The first kappa shape index (κ1) is 16.5. The Labute approximate surface area is 117 Å². The zero-order valence-corrected chi connectivity index (χ0v) is 12.1. The molecule has 0 heterocycles. The number of hydrogen-bond donors (Lipinski definition) is 3. The molecule has 6 heteroatoms. The Morgan fingerprint density at radius 1 is 1.20 bits per heavy atom. The molecule has 0 spiro atoms. The Hall–Kier alpha value is -1.53. The van der Waals surface area contributed by atoms with Crippen LogP contribution in [0.3, 0.4) is 0 Å². The number of benzene rings is 1. The van der Waals surface area contributed by atoms with E-state index in [2.05, 4.69) is 10.6 Å². The van der Waals surface area contributed by atoms with E-state index in [4.69, 9.17) is 0 Å². The number of aliphatic hydroxyl groups is 1. The van der Waals surface area contributed by atoms with E-state index in [9.17, 15) is 18.7 Å². The number of anilines is 1. The van der Waals surface area contributed by atoms with Crippen LogP contribution < -0.4 is 10.6 Å². The fraction of sp³-hybridized carbons (Fsp3) is 0.500. The first-order valence-corrected chi connectivity index (χ1v) is 6.26. The molecule has 0 aliphatic rings. The normalized spacial score (nSPS) is 12.3. The molecule has 0 saturated heterocycles. The topological polar surface area (TPSA) is 61.4 Å². The number of carbonyl (C=O) groups excluding carboxylic acids is 1. The minimum absolute atomic E-state index is 0.176. The van der Waals surface area contributed by atoms with Crippen LogP contribution in [-0.2, 0) is 4.79 Å². The van der Waals surface area contributed by atoms with Crippen molar-refractivity contribution < 1.29 is 18.7 Å². The minimum atomic E-state index is -1.06. The molecular weight excluding hydrogens is 266 g/mol. The lowest BCUT2D eigenvalue weighted by Gasteiger charge is -2.38. The van der Waals surface area contributed by atoms with Gasteiger partial charge in [-0.15, -0.1) is 0 Å². The molecule has 0 aliphatic heterocycles. The van der Waals surface area contributed by atoms with Crippen LogP contribution in [0.15, 0.2) is 18.2 Å². The maximum atomic E-state index is 13.4. The number of carbonyl (C=O) groups is 1. The van der Waals surface area contributed by atoms with E-state index in [1.807, 2.05) is 0 Å². The Bertz CT molecular complexity index is 476. The van der Waals surface area contributed by atoms with Gasteiger partial charge in [-0.05, 0) is 39.8 Å². The van der Waals surface area contributed by atoms with Gasteiger partial charge in [0.05, 0.1) is 12.1 Å².